The van der Waals surface area contributed by atoms with Crippen LogP contribution in [0.4, 0.5) is 0 Å². The lowest BCUT2D eigenvalue weighted by molar-refractivity contribution is 0.0987. The molecule has 0 atom stereocenters. The summed E-state index contributed by atoms with van der Waals surface area (Å²) in [5, 5.41) is 0.405. The van der Waals surface area contributed by atoms with Crippen LogP contribution in [-0.4, -0.2) is 20.7 Å². The van der Waals surface area contributed by atoms with Crippen molar-refractivity contribution in [1.29, 1.82) is 0 Å². The van der Waals surface area contributed by atoms with Crippen molar-refractivity contribution in [2.24, 2.45) is 0 Å². The highest BCUT2D eigenvalue weighted by Crippen LogP contribution is 2.21. The van der Waals surface area contributed by atoms with Crippen LogP contribution in [0.3, 0.4) is 0 Å². The van der Waals surface area contributed by atoms with Crippen molar-refractivity contribution in [1.82, 2.24) is 15.0 Å². The third-order valence-corrected chi connectivity index (χ3v) is 3.70. The van der Waals surface area contributed by atoms with E-state index in [1.54, 1.807) is 42.7 Å². The lowest BCUT2D eigenvalue weighted by Gasteiger charge is -2.06. The Morgan fingerprint density at radius 2 is 2.04 bits per heavy atom. The molecule has 0 amide bonds. The van der Waals surface area contributed by atoms with Gasteiger partial charge in [-0.05, 0) is 36.8 Å². The monoisotopic (exact) mass is 339 g/mol. The van der Waals surface area contributed by atoms with Gasteiger partial charge in [0.1, 0.15) is 22.3 Å². The van der Waals surface area contributed by atoms with Crippen LogP contribution in [0.1, 0.15) is 21.7 Å². The molecule has 0 spiro atoms. The minimum absolute atomic E-state index is 0.128. The summed E-state index contributed by atoms with van der Waals surface area (Å²) >= 11 is 5.99. The Morgan fingerprint density at radius 3 is 2.79 bits per heavy atom. The van der Waals surface area contributed by atoms with Crippen molar-refractivity contribution >= 4 is 17.4 Å². The summed E-state index contributed by atoms with van der Waals surface area (Å²) < 4.78 is 5.66. The maximum Gasteiger partial charge on any atom is 0.187 e. The van der Waals surface area contributed by atoms with Crippen molar-refractivity contribution in [3.8, 4) is 11.5 Å². The van der Waals surface area contributed by atoms with Gasteiger partial charge in [-0.15, -0.1) is 0 Å². The maximum atomic E-state index is 12.4. The number of hydrogen-bond acceptors (Lipinski definition) is 5. The van der Waals surface area contributed by atoms with E-state index < -0.39 is 0 Å². The summed E-state index contributed by atoms with van der Waals surface area (Å²) in [6.07, 6.45) is 4.92. The number of pyridine rings is 3. The molecular formula is C18H14ClN3O2. The molecule has 0 saturated heterocycles. The average Bonchev–Trinajstić information content (AvgIpc) is 2.59. The molecule has 6 heteroatoms. The summed E-state index contributed by atoms with van der Waals surface area (Å²) in [5.41, 5.74) is 1.80. The first-order chi connectivity index (χ1) is 11.6. The number of aromatic nitrogens is 3. The summed E-state index contributed by atoms with van der Waals surface area (Å²) in [7, 11) is 0. The van der Waals surface area contributed by atoms with Gasteiger partial charge in [0.15, 0.2) is 5.78 Å². The van der Waals surface area contributed by atoms with E-state index in [1.807, 2.05) is 13.0 Å². The molecule has 0 aliphatic heterocycles. The van der Waals surface area contributed by atoms with Crippen molar-refractivity contribution < 1.29 is 9.53 Å². The third-order valence-electron chi connectivity index (χ3n) is 3.32. The second-order valence-electron chi connectivity index (χ2n) is 5.18. The summed E-state index contributed by atoms with van der Waals surface area (Å²) in [5.74, 6) is 0.962. The number of ether oxygens (including phenoxy) is 1. The van der Waals surface area contributed by atoms with Gasteiger partial charge in [0.05, 0.1) is 12.6 Å². The molecule has 0 radical (unpaired) electrons. The molecule has 120 valence electrons. The predicted molar refractivity (Wildman–Crippen MR) is 90.6 cm³/mol. The number of carbonyl (C=O) groups is 1. The number of carbonyl (C=O) groups excluding carboxylic acids is 1. The molecule has 3 aromatic heterocycles. The molecule has 3 aromatic rings. The predicted octanol–water partition coefficient (Wildman–Crippen LogP) is 4.05. The smallest absolute Gasteiger partial charge is 0.187 e. The van der Waals surface area contributed by atoms with Gasteiger partial charge in [0.25, 0.3) is 0 Å². The molecule has 3 rings (SSSR count). The quantitative estimate of drug-likeness (QED) is 0.518. The average molecular weight is 340 g/mol. The Kier molecular flexibility index (Phi) is 4.82. The fourth-order valence-electron chi connectivity index (χ4n) is 2.07. The van der Waals surface area contributed by atoms with Gasteiger partial charge in [-0.3, -0.25) is 14.8 Å². The molecule has 5 nitrogen and oxygen atoms in total. The molecule has 0 aliphatic rings. The standard InChI is InChI=1S/C18H14ClN3O2/c1-12-4-5-13(22-18(12)19)9-17(23)16-10-14(6-8-21-16)24-15-3-2-7-20-11-15/h2-8,10-11H,9H2,1H3. The molecule has 0 aromatic carbocycles. The van der Waals surface area contributed by atoms with Gasteiger partial charge in [0, 0.05) is 24.2 Å². The summed E-state index contributed by atoms with van der Waals surface area (Å²) in [6, 6.07) is 10.5. The zero-order valence-electron chi connectivity index (χ0n) is 12.9. The first-order valence-corrected chi connectivity index (χ1v) is 7.69. The minimum Gasteiger partial charge on any atom is -0.456 e. The zero-order chi connectivity index (χ0) is 16.9. The molecule has 0 aliphatic carbocycles. The highest BCUT2D eigenvalue weighted by atomic mass is 35.5. The number of rotatable bonds is 5. The van der Waals surface area contributed by atoms with Crippen molar-refractivity contribution in [3.63, 3.8) is 0 Å². The fourth-order valence-corrected chi connectivity index (χ4v) is 2.24. The molecule has 0 bridgehead atoms. The SMILES string of the molecule is Cc1ccc(CC(=O)c2cc(Oc3cccnc3)ccn2)nc1Cl. The van der Waals surface area contributed by atoms with E-state index in [9.17, 15) is 4.79 Å². The lowest BCUT2D eigenvalue weighted by atomic mass is 10.1. The highest BCUT2D eigenvalue weighted by Gasteiger charge is 2.12. The van der Waals surface area contributed by atoms with E-state index in [0.29, 0.717) is 28.0 Å². The molecule has 24 heavy (non-hydrogen) atoms. The Labute approximate surface area is 144 Å². The number of Topliss-reactive ketones (excluding diaryl/α,β-unsaturated/α-hetero) is 1. The van der Waals surface area contributed by atoms with Crippen molar-refractivity contribution in [2.75, 3.05) is 0 Å². The summed E-state index contributed by atoms with van der Waals surface area (Å²) in [4.78, 5) is 24.7. The fraction of sp³-hybridized carbons (Fsp3) is 0.111. The third kappa shape index (κ3) is 3.94. The first-order valence-electron chi connectivity index (χ1n) is 7.31. The Morgan fingerprint density at radius 1 is 1.17 bits per heavy atom. The molecule has 0 saturated carbocycles. The molecule has 0 N–H and O–H groups in total. The van der Waals surface area contributed by atoms with Crippen LogP contribution >= 0.6 is 11.6 Å². The summed E-state index contributed by atoms with van der Waals surface area (Å²) in [6.45, 7) is 1.86. The van der Waals surface area contributed by atoms with Crippen LogP contribution < -0.4 is 4.74 Å². The van der Waals surface area contributed by atoms with E-state index in [2.05, 4.69) is 15.0 Å². The van der Waals surface area contributed by atoms with E-state index in [-0.39, 0.29) is 12.2 Å². The lowest BCUT2D eigenvalue weighted by Crippen LogP contribution is -2.07. The van der Waals surface area contributed by atoms with E-state index in [4.69, 9.17) is 16.3 Å². The normalized spacial score (nSPS) is 10.4. The largest absolute Gasteiger partial charge is 0.456 e. The Balaban J connectivity index is 1.75. The van der Waals surface area contributed by atoms with E-state index in [0.717, 1.165) is 5.56 Å². The number of hydrogen-bond donors (Lipinski definition) is 0. The maximum absolute atomic E-state index is 12.4. The van der Waals surface area contributed by atoms with Crippen molar-refractivity contribution in [3.05, 3.63) is 77.1 Å². The van der Waals surface area contributed by atoms with Crippen LogP contribution in [0.5, 0.6) is 11.5 Å². The molecule has 3 heterocycles. The van der Waals surface area contributed by atoms with Gasteiger partial charge in [-0.25, -0.2) is 4.98 Å². The van der Waals surface area contributed by atoms with Crippen LogP contribution in [0.25, 0.3) is 0 Å². The topological polar surface area (TPSA) is 65.0 Å². The van der Waals surface area contributed by atoms with Crippen LogP contribution in [0, 0.1) is 6.92 Å². The van der Waals surface area contributed by atoms with E-state index >= 15 is 0 Å². The van der Waals surface area contributed by atoms with Crippen LogP contribution in [0.15, 0.2) is 55.0 Å². The second-order valence-corrected chi connectivity index (χ2v) is 5.54. The van der Waals surface area contributed by atoms with Gasteiger partial charge in [-0.1, -0.05) is 17.7 Å². The second kappa shape index (κ2) is 7.19. The number of ketones is 1. The van der Waals surface area contributed by atoms with E-state index in [1.165, 1.54) is 6.20 Å². The number of halogens is 1. The Hall–Kier alpha value is -2.79. The van der Waals surface area contributed by atoms with Crippen LogP contribution in [-0.2, 0) is 6.42 Å². The van der Waals surface area contributed by atoms with Crippen LogP contribution in [0.2, 0.25) is 5.15 Å². The Bertz CT molecular complexity index is 869. The molecular weight excluding hydrogens is 326 g/mol. The number of nitrogens with zero attached hydrogens (tertiary/aromatic N) is 3. The molecule has 0 fully saturated rings. The van der Waals surface area contributed by atoms with Gasteiger partial charge in [-0.2, -0.15) is 0 Å². The van der Waals surface area contributed by atoms with Crippen molar-refractivity contribution in [2.45, 2.75) is 13.3 Å². The zero-order valence-corrected chi connectivity index (χ0v) is 13.7. The number of aryl methyl sites for hydroxylation is 1. The highest BCUT2D eigenvalue weighted by molar-refractivity contribution is 6.30. The van der Waals surface area contributed by atoms with Gasteiger partial charge < -0.3 is 4.74 Å². The minimum atomic E-state index is -0.154. The van der Waals surface area contributed by atoms with Gasteiger partial charge in [0.2, 0.25) is 0 Å². The molecule has 0 unspecified atom stereocenters. The van der Waals surface area contributed by atoms with Gasteiger partial charge >= 0.3 is 0 Å². The first kappa shape index (κ1) is 16.1.